The van der Waals surface area contributed by atoms with Crippen molar-refractivity contribution in [2.75, 3.05) is 42.9 Å². The molecule has 1 aliphatic rings. The van der Waals surface area contributed by atoms with Crippen LogP contribution < -0.4 is 10.2 Å². The van der Waals surface area contributed by atoms with Gasteiger partial charge in [0.2, 0.25) is 5.91 Å². The van der Waals surface area contributed by atoms with Crippen LogP contribution in [0.2, 0.25) is 5.15 Å². The number of piperazine rings is 1. The Bertz CT molecular complexity index is 824. The van der Waals surface area contributed by atoms with Crippen LogP contribution >= 0.6 is 11.6 Å². The Balaban J connectivity index is 1.58. The molecule has 0 saturated carbocycles. The van der Waals surface area contributed by atoms with E-state index in [1.54, 1.807) is 18.2 Å². The zero-order valence-corrected chi connectivity index (χ0v) is 16.3. The standard InChI is InChI=1S/C19H23ClFN5O/c1-3-14-18(20)22-13(2)23-19(14)26-10-8-25(9-11-26)12-17(27)24-16-7-5-4-6-15(16)21/h4-7H,3,8-12H2,1-2H3,(H,24,27). The van der Waals surface area contributed by atoms with Gasteiger partial charge in [-0.15, -0.1) is 0 Å². The molecule has 27 heavy (non-hydrogen) atoms. The van der Waals surface area contributed by atoms with Crippen molar-refractivity contribution in [3.05, 3.63) is 46.6 Å². The van der Waals surface area contributed by atoms with Crippen molar-refractivity contribution in [2.45, 2.75) is 20.3 Å². The van der Waals surface area contributed by atoms with Crippen LogP contribution in [-0.4, -0.2) is 53.5 Å². The minimum Gasteiger partial charge on any atom is -0.354 e. The first-order chi connectivity index (χ1) is 13.0. The SMILES string of the molecule is CCc1c(Cl)nc(C)nc1N1CCN(CC(=O)Nc2ccccc2F)CC1. The highest BCUT2D eigenvalue weighted by Gasteiger charge is 2.23. The Kier molecular flexibility index (Phi) is 6.23. The van der Waals surface area contributed by atoms with Gasteiger partial charge in [-0.1, -0.05) is 30.7 Å². The predicted molar refractivity (Wildman–Crippen MR) is 105 cm³/mol. The summed E-state index contributed by atoms with van der Waals surface area (Å²) < 4.78 is 13.6. The Morgan fingerprint density at radius 1 is 1.22 bits per heavy atom. The lowest BCUT2D eigenvalue weighted by Gasteiger charge is -2.36. The fraction of sp³-hybridized carbons (Fsp3) is 0.421. The number of carbonyl (C=O) groups excluding carboxylic acids is 1. The number of benzene rings is 1. The van der Waals surface area contributed by atoms with Crippen molar-refractivity contribution >= 4 is 29.0 Å². The summed E-state index contributed by atoms with van der Waals surface area (Å²) in [6, 6.07) is 6.17. The number of anilines is 2. The van der Waals surface area contributed by atoms with Gasteiger partial charge in [-0.2, -0.15) is 0 Å². The summed E-state index contributed by atoms with van der Waals surface area (Å²) in [4.78, 5) is 25.2. The Hall–Kier alpha value is -2.25. The van der Waals surface area contributed by atoms with Gasteiger partial charge in [0.25, 0.3) is 0 Å². The Morgan fingerprint density at radius 3 is 2.59 bits per heavy atom. The molecule has 144 valence electrons. The summed E-state index contributed by atoms with van der Waals surface area (Å²) in [5, 5.41) is 3.13. The van der Waals surface area contributed by atoms with Gasteiger partial charge in [0.05, 0.1) is 12.2 Å². The number of hydrogen-bond donors (Lipinski definition) is 1. The molecule has 1 amide bonds. The van der Waals surface area contributed by atoms with E-state index < -0.39 is 5.82 Å². The normalized spacial score (nSPS) is 15.0. The molecule has 0 unspecified atom stereocenters. The highest BCUT2D eigenvalue weighted by Crippen LogP contribution is 2.26. The van der Waals surface area contributed by atoms with Crippen LogP contribution in [-0.2, 0) is 11.2 Å². The maximum Gasteiger partial charge on any atom is 0.238 e. The van der Waals surface area contributed by atoms with Crippen molar-refractivity contribution < 1.29 is 9.18 Å². The van der Waals surface area contributed by atoms with Crippen LogP contribution in [0.15, 0.2) is 24.3 Å². The first-order valence-electron chi connectivity index (χ1n) is 9.02. The van der Waals surface area contributed by atoms with E-state index in [1.807, 2.05) is 18.7 Å². The molecule has 1 N–H and O–H groups in total. The van der Waals surface area contributed by atoms with Crippen LogP contribution in [0.3, 0.4) is 0 Å². The van der Waals surface area contributed by atoms with Gasteiger partial charge in [0.1, 0.15) is 22.6 Å². The molecule has 0 bridgehead atoms. The molecule has 1 aliphatic heterocycles. The lowest BCUT2D eigenvalue weighted by atomic mass is 10.2. The van der Waals surface area contributed by atoms with Gasteiger partial charge >= 0.3 is 0 Å². The van der Waals surface area contributed by atoms with Crippen LogP contribution in [0, 0.1) is 12.7 Å². The van der Waals surface area contributed by atoms with Gasteiger partial charge in [0, 0.05) is 31.7 Å². The Morgan fingerprint density at radius 2 is 1.93 bits per heavy atom. The number of carbonyl (C=O) groups is 1. The van der Waals surface area contributed by atoms with Crippen molar-refractivity contribution in [3.63, 3.8) is 0 Å². The molecule has 3 rings (SSSR count). The van der Waals surface area contributed by atoms with E-state index in [0.717, 1.165) is 30.9 Å². The molecule has 1 aromatic heterocycles. The largest absolute Gasteiger partial charge is 0.354 e. The molecule has 0 aliphatic carbocycles. The molecule has 1 saturated heterocycles. The van der Waals surface area contributed by atoms with Crippen molar-refractivity contribution in [3.8, 4) is 0 Å². The fourth-order valence-electron chi connectivity index (χ4n) is 3.19. The van der Waals surface area contributed by atoms with E-state index in [4.69, 9.17) is 11.6 Å². The number of nitrogens with one attached hydrogen (secondary N) is 1. The number of aryl methyl sites for hydroxylation is 1. The summed E-state index contributed by atoms with van der Waals surface area (Å²) in [5.74, 6) is 0.881. The third-order valence-electron chi connectivity index (χ3n) is 4.59. The highest BCUT2D eigenvalue weighted by atomic mass is 35.5. The maximum atomic E-state index is 13.6. The molecule has 2 heterocycles. The van der Waals surface area contributed by atoms with Crippen LogP contribution in [0.1, 0.15) is 18.3 Å². The maximum absolute atomic E-state index is 13.6. The molecule has 1 fully saturated rings. The second-order valence-corrected chi connectivity index (χ2v) is 6.87. The number of aromatic nitrogens is 2. The minimum absolute atomic E-state index is 0.208. The molecule has 0 atom stereocenters. The van der Waals surface area contributed by atoms with E-state index in [2.05, 4.69) is 20.2 Å². The summed E-state index contributed by atoms with van der Waals surface area (Å²) in [5.41, 5.74) is 1.16. The number of hydrogen-bond acceptors (Lipinski definition) is 5. The first-order valence-corrected chi connectivity index (χ1v) is 9.40. The number of rotatable bonds is 5. The second kappa shape index (κ2) is 8.63. The third-order valence-corrected chi connectivity index (χ3v) is 4.90. The third kappa shape index (κ3) is 4.73. The quantitative estimate of drug-likeness (QED) is 0.794. The van der Waals surface area contributed by atoms with Gasteiger partial charge in [-0.25, -0.2) is 14.4 Å². The van der Waals surface area contributed by atoms with E-state index >= 15 is 0 Å². The average molecular weight is 392 g/mol. The summed E-state index contributed by atoms with van der Waals surface area (Å²) >= 11 is 6.27. The van der Waals surface area contributed by atoms with E-state index in [0.29, 0.717) is 24.1 Å². The summed E-state index contributed by atoms with van der Waals surface area (Å²) in [6.45, 7) is 7.01. The lowest BCUT2D eigenvalue weighted by Crippen LogP contribution is -2.49. The molecular weight excluding hydrogens is 369 g/mol. The zero-order chi connectivity index (χ0) is 19.4. The molecule has 8 heteroatoms. The molecule has 6 nitrogen and oxygen atoms in total. The van der Waals surface area contributed by atoms with Crippen LogP contribution in [0.5, 0.6) is 0 Å². The van der Waals surface area contributed by atoms with Crippen molar-refractivity contribution in [2.24, 2.45) is 0 Å². The van der Waals surface area contributed by atoms with Gasteiger partial charge in [-0.05, 0) is 25.5 Å². The van der Waals surface area contributed by atoms with Gasteiger partial charge in [-0.3, -0.25) is 9.69 Å². The fourth-order valence-corrected chi connectivity index (χ4v) is 3.53. The predicted octanol–water partition coefficient (Wildman–Crippen LogP) is 2.90. The minimum atomic E-state index is -0.432. The molecule has 0 radical (unpaired) electrons. The topological polar surface area (TPSA) is 61.4 Å². The van der Waals surface area contributed by atoms with Gasteiger partial charge in [0.15, 0.2) is 0 Å². The van der Waals surface area contributed by atoms with Crippen molar-refractivity contribution in [1.29, 1.82) is 0 Å². The van der Waals surface area contributed by atoms with Crippen LogP contribution in [0.4, 0.5) is 15.9 Å². The van der Waals surface area contributed by atoms with Crippen LogP contribution in [0.25, 0.3) is 0 Å². The highest BCUT2D eigenvalue weighted by molar-refractivity contribution is 6.30. The molecule has 0 spiro atoms. The van der Waals surface area contributed by atoms with Crippen molar-refractivity contribution in [1.82, 2.24) is 14.9 Å². The monoisotopic (exact) mass is 391 g/mol. The molecule has 2 aromatic rings. The second-order valence-electron chi connectivity index (χ2n) is 6.51. The summed E-state index contributed by atoms with van der Waals surface area (Å²) in [7, 11) is 0. The number of para-hydroxylation sites is 1. The zero-order valence-electron chi connectivity index (χ0n) is 15.5. The van der Waals surface area contributed by atoms with E-state index in [-0.39, 0.29) is 18.1 Å². The smallest absolute Gasteiger partial charge is 0.238 e. The Labute approximate surface area is 163 Å². The number of nitrogens with zero attached hydrogens (tertiary/aromatic N) is 4. The average Bonchev–Trinajstić information content (AvgIpc) is 2.64. The van der Waals surface area contributed by atoms with Gasteiger partial charge < -0.3 is 10.2 Å². The van der Waals surface area contributed by atoms with E-state index in [9.17, 15) is 9.18 Å². The number of amides is 1. The summed E-state index contributed by atoms with van der Waals surface area (Å²) in [6.07, 6.45) is 0.764. The van der Waals surface area contributed by atoms with E-state index in [1.165, 1.54) is 6.07 Å². The number of halogens is 2. The lowest BCUT2D eigenvalue weighted by molar-refractivity contribution is -0.117. The molecular formula is C19H23ClFN5O. The molecule has 1 aromatic carbocycles. The first kappa shape index (κ1) is 19.5.